The van der Waals surface area contributed by atoms with Crippen molar-refractivity contribution in [3.05, 3.63) is 17.5 Å². The van der Waals surface area contributed by atoms with Gasteiger partial charge < -0.3 is 35.3 Å². The van der Waals surface area contributed by atoms with Crippen molar-refractivity contribution in [1.82, 2.24) is 14.9 Å². The molecule has 164 valence electrons. The molecule has 0 aliphatic carbocycles. The van der Waals surface area contributed by atoms with E-state index in [2.05, 4.69) is 14.9 Å². The predicted molar refractivity (Wildman–Crippen MR) is 105 cm³/mol. The van der Waals surface area contributed by atoms with Crippen LogP contribution in [0.3, 0.4) is 0 Å². The second-order valence-corrected chi connectivity index (χ2v) is 7.73. The fourth-order valence-corrected chi connectivity index (χ4v) is 3.53. The monoisotopic (exact) mass is 412 g/mol. The van der Waals surface area contributed by atoms with Crippen LogP contribution in [-0.2, 0) is 4.79 Å². The van der Waals surface area contributed by atoms with Crippen LogP contribution in [0.25, 0.3) is 0 Å². The van der Waals surface area contributed by atoms with E-state index in [0.29, 0.717) is 31.9 Å². The molecule has 0 aromatic carbocycles. The highest BCUT2D eigenvalue weighted by Crippen LogP contribution is 2.23. The lowest BCUT2D eigenvalue weighted by Gasteiger charge is -2.34. The van der Waals surface area contributed by atoms with Crippen molar-refractivity contribution in [2.45, 2.75) is 51.1 Å². The number of aliphatic hydroxyl groups is 5. The zero-order valence-electron chi connectivity index (χ0n) is 17.1. The van der Waals surface area contributed by atoms with Crippen molar-refractivity contribution in [2.75, 3.05) is 38.2 Å². The third-order valence-corrected chi connectivity index (χ3v) is 5.26. The molecular weight excluding hydrogens is 380 g/mol. The quantitative estimate of drug-likeness (QED) is 0.333. The number of aryl methyl sites for hydroxylation is 2. The maximum Gasteiger partial charge on any atom is 0.225 e. The molecule has 0 spiro atoms. The number of piperidine rings is 1. The van der Waals surface area contributed by atoms with E-state index in [1.54, 1.807) is 0 Å². The highest BCUT2D eigenvalue weighted by molar-refractivity contribution is 5.79. The van der Waals surface area contributed by atoms with Crippen LogP contribution in [0.15, 0.2) is 6.07 Å². The second kappa shape index (κ2) is 10.3. The molecule has 1 saturated heterocycles. The van der Waals surface area contributed by atoms with E-state index in [0.717, 1.165) is 11.4 Å². The van der Waals surface area contributed by atoms with Gasteiger partial charge in [0.1, 0.15) is 24.4 Å². The molecule has 29 heavy (non-hydrogen) atoms. The summed E-state index contributed by atoms with van der Waals surface area (Å²) in [6.45, 7) is 4.16. The normalized spacial score (nSPS) is 19.5. The third-order valence-electron chi connectivity index (χ3n) is 5.26. The summed E-state index contributed by atoms with van der Waals surface area (Å²) in [5.74, 6) is 0.283. The molecule has 1 aromatic rings. The molecule has 0 radical (unpaired) electrons. The second-order valence-electron chi connectivity index (χ2n) is 7.73. The fourth-order valence-electron chi connectivity index (χ4n) is 3.53. The minimum absolute atomic E-state index is 0.158. The van der Waals surface area contributed by atoms with Crippen molar-refractivity contribution < 1.29 is 30.3 Å². The van der Waals surface area contributed by atoms with Crippen LogP contribution in [-0.4, -0.2) is 104 Å². The summed E-state index contributed by atoms with van der Waals surface area (Å²) in [5, 5.41) is 47.9. The van der Waals surface area contributed by atoms with E-state index in [9.17, 15) is 25.2 Å². The summed E-state index contributed by atoms with van der Waals surface area (Å²) in [4.78, 5) is 25.0. The number of carbonyl (C=O) groups is 1. The largest absolute Gasteiger partial charge is 0.394 e. The van der Waals surface area contributed by atoms with Crippen LogP contribution < -0.4 is 4.90 Å². The van der Waals surface area contributed by atoms with Crippen LogP contribution in [0.5, 0.6) is 0 Å². The number of likely N-dealkylation sites (N-methyl/N-ethyl adjacent to an activating group) is 1. The van der Waals surface area contributed by atoms with Crippen LogP contribution in [0.2, 0.25) is 0 Å². The molecule has 2 heterocycles. The number of nitrogens with zero attached hydrogens (tertiary/aromatic N) is 4. The van der Waals surface area contributed by atoms with Crippen LogP contribution >= 0.6 is 0 Å². The van der Waals surface area contributed by atoms with Crippen molar-refractivity contribution in [1.29, 1.82) is 0 Å². The number of hydrogen-bond donors (Lipinski definition) is 5. The summed E-state index contributed by atoms with van der Waals surface area (Å²) in [6.07, 6.45) is -5.19. The fraction of sp³-hybridized carbons (Fsp3) is 0.737. The maximum atomic E-state index is 12.7. The molecule has 1 amide bonds. The molecule has 1 aromatic heterocycles. The Bertz CT molecular complexity index is 662. The van der Waals surface area contributed by atoms with E-state index >= 15 is 0 Å². The summed E-state index contributed by atoms with van der Waals surface area (Å²) in [7, 11) is 1.52. The van der Waals surface area contributed by atoms with Crippen LogP contribution in [0, 0.1) is 19.8 Å². The Morgan fingerprint density at radius 1 is 1.10 bits per heavy atom. The lowest BCUT2D eigenvalue weighted by Crippen LogP contribution is -2.51. The number of anilines is 1. The topological polar surface area (TPSA) is 150 Å². The maximum absolute atomic E-state index is 12.7. The first-order valence-electron chi connectivity index (χ1n) is 9.79. The Balaban J connectivity index is 1.88. The van der Waals surface area contributed by atoms with Crippen molar-refractivity contribution in [3.63, 3.8) is 0 Å². The summed E-state index contributed by atoms with van der Waals surface area (Å²) in [5.41, 5.74) is 1.79. The number of aliphatic hydroxyl groups excluding tert-OH is 5. The van der Waals surface area contributed by atoms with Gasteiger partial charge in [0.15, 0.2) is 0 Å². The number of aromatic nitrogens is 2. The molecule has 5 N–H and O–H groups in total. The lowest BCUT2D eigenvalue weighted by molar-refractivity contribution is -0.142. The van der Waals surface area contributed by atoms with Gasteiger partial charge in [-0.2, -0.15) is 0 Å². The van der Waals surface area contributed by atoms with Gasteiger partial charge in [0, 0.05) is 44.0 Å². The molecule has 0 saturated carbocycles. The number of hydrogen-bond acceptors (Lipinski definition) is 9. The zero-order valence-corrected chi connectivity index (χ0v) is 17.1. The van der Waals surface area contributed by atoms with Gasteiger partial charge in [-0.05, 0) is 32.8 Å². The minimum atomic E-state index is -1.71. The smallest absolute Gasteiger partial charge is 0.225 e. The average molecular weight is 412 g/mol. The number of rotatable bonds is 8. The molecule has 10 nitrogen and oxygen atoms in total. The van der Waals surface area contributed by atoms with Gasteiger partial charge in [0.05, 0.1) is 6.61 Å². The van der Waals surface area contributed by atoms with Crippen molar-refractivity contribution in [3.8, 4) is 0 Å². The highest BCUT2D eigenvalue weighted by Gasteiger charge is 2.33. The average Bonchev–Trinajstić information content (AvgIpc) is 2.70. The van der Waals surface area contributed by atoms with E-state index in [1.165, 1.54) is 11.9 Å². The molecule has 1 aliphatic rings. The van der Waals surface area contributed by atoms with Gasteiger partial charge in [0.2, 0.25) is 11.9 Å². The Morgan fingerprint density at radius 3 is 2.14 bits per heavy atom. The first kappa shape index (κ1) is 23.4. The van der Waals surface area contributed by atoms with Gasteiger partial charge in [0.25, 0.3) is 0 Å². The van der Waals surface area contributed by atoms with Gasteiger partial charge in [-0.3, -0.25) is 4.79 Å². The first-order valence-corrected chi connectivity index (χ1v) is 9.79. The minimum Gasteiger partial charge on any atom is -0.394 e. The van der Waals surface area contributed by atoms with Gasteiger partial charge in [-0.25, -0.2) is 9.97 Å². The van der Waals surface area contributed by atoms with Crippen molar-refractivity contribution >= 4 is 11.9 Å². The molecular formula is C19H32N4O6. The number of amides is 1. The van der Waals surface area contributed by atoms with Crippen LogP contribution in [0.1, 0.15) is 24.2 Å². The van der Waals surface area contributed by atoms with Crippen LogP contribution in [0.4, 0.5) is 5.95 Å². The third kappa shape index (κ3) is 6.06. The zero-order chi connectivity index (χ0) is 21.7. The molecule has 4 atom stereocenters. The molecule has 2 rings (SSSR count). The van der Waals surface area contributed by atoms with Crippen molar-refractivity contribution in [2.24, 2.45) is 5.92 Å². The van der Waals surface area contributed by atoms with E-state index in [-0.39, 0.29) is 18.4 Å². The van der Waals surface area contributed by atoms with E-state index in [4.69, 9.17) is 5.11 Å². The van der Waals surface area contributed by atoms with E-state index in [1.807, 2.05) is 19.9 Å². The molecule has 0 bridgehead atoms. The molecule has 10 heteroatoms. The predicted octanol–water partition coefficient (Wildman–Crippen LogP) is -1.80. The van der Waals surface area contributed by atoms with Gasteiger partial charge in [-0.1, -0.05) is 0 Å². The lowest BCUT2D eigenvalue weighted by atomic mass is 9.95. The van der Waals surface area contributed by atoms with Gasteiger partial charge >= 0.3 is 0 Å². The molecule has 1 aliphatic heterocycles. The van der Waals surface area contributed by atoms with Gasteiger partial charge in [-0.15, -0.1) is 0 Å². The SMILES string of the molecule is Cc1cc(C)nc(N2CCC(C(=O)N(C)CC(O)C(O)C(O)C(O)CO)CC2)n1. The molecule has 4 unspecified atom stereocenters. The summed E-state index contributed by atoms with van der Waals surface area (Å²) in [6, 6.07) is 1.91. The summed E-state index contributed by atoms with van der Waals surface area (Å²) < 4.78 is 0. The Morgan fingerprint density at radius 2 is 1.62 bits per heavy atom. The standard InChI is InChI=1S/C19H32N4O6/c1-11-8-12(2)21-19(20-11)23-6-4-13(5-7-23)18(29)22(3)9-14(25)16(27)17(28)15(26)10-24/h8,13-17,24-28H,4-7,9-10H2,1-3H3. The summed E-state index contributed by atoms with van der Waals surface area (Å²) >= 11 is 0. The molecule has 1 fully saturated rings. The van der Waals surface area contributed by atoms with E-state index < -0.39 is 31.0 Å². The highest BCUT2D eigenvalue weighted by atomic mass is 16.4. The number of carbonyl (C=O) groups excluding carboxylic acids is 1. The first-order chi connectivity index (χ1) is 13.6. The Kier molecular flexibility index (Phi) is 8.29. The Hall–Kier alpha value is -1.85. The Labute approximate surface area is 170 Å².